The molecule has 2 unspecified atom stereocenters. The van der Waals surface area contributed by atoms with E-state index < -0.39 is 5.97 Å². The van der Waals surface area contributed by atoms with Gasteiger partial charge in [0.2, 0.25) is 5.91 Å². The van der Waals surface area contributed by atoms with Gasteiger partial charge in [-0.15, -0.1) is 0 Å². The van der Waals surface area contributed by atoms with Gasteiger partial charge in [0.1, 0.15) is 0 Å². The Bertz CT molecular complexity index is 563. The van der Waals surface area contributed by atoms with Crippen LogP contribution in [0.15, 0.2) is 30.3 Å². The lowest BCUT2D eigenvalue weighted by Gasteiger charge is -2.34. The maximum Gasteiger partial charge on any atom is 0.306 e. The summed E-state index contributed by atoms with van der Waals surface area (Å²) in [5.74, 6) is -1.25. The van der Waals surface area contributed by atoms with Gasteiger partial charge in [-0.2, -0.15) is 0 Å². The SMILES string of the molecule is O=C(O)C1CCCC(C(=O)NC2(c3ccccc3)CCCC2)C1. The fourth-order valence-electron chi connectivity index (χ4n) is 4.21. The average molecular weight is 315 g/mol. The van der Waals surface area contributed by atoms with Crippen LogP contribution in [0.2, 0.25) is 0 Å². The smallest absolute Gasteiger partial charge is 0.306 e. The van der Waals surface area contributed by atoms with Gasteiger partial charge in [-0.05, 0) is 37.7 Å². The summed E-state index contributed by atoms with van der Waals surface area (Å²) in [6, 6.07) is 10.2. The normalized spacial score (nSPS) is 26.6. The molecule has 23 heavy (non-hydrogen) atoms. The summed E-state index contributed by atoms with van der Waals surface area (Å²) in [6.07, 6.45) is 6.99. The van der Waals surface area contributed by atoms with Gasteiger partial charge < -0.3 is 10.4 Å². The molecule has 4 heteroatoms. The summed E-state index contributed by atoms with van der Waals surface area (Å²) in [6.45, 7) is 0. The number of carboxylic acid groups (broad SMARTS) is 1. The molecule has 0 spiro atoms. The second-order valence-electron chi connectivity index (χ2n) is 7.04. The second-order valence-corrected chi connectivity index (χ2v) is 7.04. The van der Waals surface area contributed by atoms with Crippen molar-refractivity contribution in [2.75, 3.05) is 0 Å². The standard InChI is InChI=1S/C19H25NO3/c21-17(14-7-6-8-15(13-14)18(22)23)20-19(11-4-5-12-19)16-9-2-1-3-10-16/h1-3,9-10,14-15H,4-8,11-13H2,(H,20,21)(H,22,23). The maximum absolute atomic E-state index is 12.8. The molecule has 3 rings (SSSR count). The van der Waals surface area contributed by atoms with E-state index in [2.05, 4.69) is 17.4 Å². The number of benzene rings is 1. The van der Waals surface area contributed by atoms with E-state index in [4.69, 9.17) is 0 Å². The molecule has 0 heterocycles. The molecule has 0 radical (unpaired) electrons. The van der Waals surface area contributed by atoms with Gasteiger partial charge in [-0.1, -0.05) is 49.6 Å². The van der Waals surface area contributed by atoms with Crippen LogP contribution in [0.25, 0.3) is 0 Å². The van der Waals surface area contributed by atoms with Crippen molar-refractivity contribution in [1.29, 1.82) is 0 Å². The van der Waals surface area contributed by atoms with E-state index in [0.29, 0.717) is 12.8 Å². The Morgan fingerprint density at radius 1 is 1.00 bits per heavy atom. The third-order valence-corrected chi connectivity index (χ3v) is 5.54. The molecule has 1 aromatic carbocycles. The number of rotatable bonds is 4. The molecule has 0 saturated heterocycles. The van der Waals surface area contributed by atoms with Crippen LogP contribution in [-0.2, 0) is 15.1 Å². The summed E-state index contributed by atoms with van der Waals surface area (Å²) in [5, 5.41) is 12.5. The lowest BCUT2D eigenvalue weighted by Crippen LogP contribution is -2.47. The van der Waals surface area contributed by atoms with Gasteiger partial charge in [0.25, 0.3) is 0 Å². The molecule has 2 atom stereocenters. The fraction of sp³-hybridized carbons (Fsp3) is 0.579. The molecule has 2 aliphatic rings. The van der Waals surface area contributed by atoms with E-state index in [1.54, 1.807) is 0 Å². The highest BCUT2D eigenvalue weighted by Gasteiger charge is 2.39. The van der Waals surface area contributed by atoms with E-state index in [0.717, 1.165) is 38.5 Å². The summed E-state index contributed by atoms with van der Waals surface area (Å²) in [5.41, 5.74) is 0.922. The van der Waals surface area contributed by atoms with Crippen molar-refractivity contribution in [3.05, 3.63) is 35.9 Å². The number of aliphatic carboxylic acids is 1. The monoisotopic (exact) mass is 315 g/mol. The number of carbonyl (C=O) groups is 2. The minimum atomic E-state index is -0.763. The molecular formula is C19H25NO3. The predicted octanol–water partition coefficient (Wildman–Crippen LogP) is 3.46. The Morgan fingerprint density at radius 3 is 2.30 bits per heavy atom. The van der Waals surface area contributed by atoms with Crippen LogP contribution in [0.5, 0.6) is 0 Å². The van der Waals surface area contributed by atoms with Crippen molar-refractivity contribution < 1.29 is 14.7 Å². The third kappa shape index (κ3) is 3.41. The van der Waals surface area contributed by atoms with Crippen LogP contribution in [-0.4, -0.2) is 17.0 Å². The largest absolute Gasteiger partial charge is 0.481 e. The summed E-state index contributed by atoms with van der Waals surface area (Å²) >= 11 is 0. The molecule has 2 N–H and O–H groups in total. The van der Waals surface area contributed by atoms with Crippen LogP contribution in [0, 0.1) is 11.8 Å². The summed E-state index contributed by atoms with van der Waals surface area (Å²) in [7, 11) is 0. The Morgan fingerprint density at radius 2 is 1.65 bits per heavy atom. The van der Waals surface area contributed by atoms with Gasteiger partial charge in [-0.25, -0.2) is 0 Å². The zero-order chi connectivity index (χ0) is 16.3. The lowest BCUT2D eigenvalue weighted by molar-refractivity contribution is -0.144. The van der Waals surface area contributed by atoms with Crippen molar-refractivity contribution >= 4 is 11.9 Å². The highest BCUT2D eigenvalue weighted by molar-refractivity contribution is 5.81. The van der Waals surface area contributed by atoms with Gasteiger partial charge in [0, 0.05) is 5.92 Å². The first kappa shape index (κ1) is 16.0. The van der Waals surface area contributed by atoms with Crippen molar-refractivity contribution in [2.24, 2.45) is 11.8 Å². The molecule has 2 saturated carbocycles. The fourth-order valence-corrected chi connectivity index (χ4v) is 4.21. The molecule has 1 aromatic rings. The highest BCUT2D eigenvalue weighted by atomic mass is 16.4. The lowest BCUT2D eigenvalue weighted by atomic mass is 9.80. The number of hydrogen-bond acceptors (Lipinski definition) is 2. The maximum atomic E-state index is 12.8. The number of amides is 1. The first-order valence-electron chi connectivity index (χ1n) is 8.71. The molecule has 2 fully saturated rings. The van der Waals surface area contributed by atoms with E-state index in [9.17, 15) is 14.7 Å². The molecule has 1 amide bonds. The van der Waals surface area contributed by atoms with Crippen LogP contribution in [0.4, 0.5) is 0 Å². The highest BCUT2D eigenvalue weighted by Crippen LogP contribution is 2.39. The van der Waals surface area contributed by atoms with Crippen molar-refractivity contribution in [3.63, 3.8) is 0 Å². The van der Waals surface area contributed by atoms with Crippen LogP contribution in [0.3, 0.4) is 0 Å². The third-order valence-electron chi connectivity index (χ3n) is 5.54. The Balaban J connectivity index is 1.73. The average Bonchev–Trinajstić information content (AvgIpc) is 3.05. The van der Waals surface area contributed by atoms with Crippen molar-refractivity contribution in [3.8, 4) is 0 Å². The predicted molar refractivity (Wildman–Crippen MR) is 87.8 cm³/mol. The summed E-state index contributed by atoms with van der Waals surface area (Å²) < 4.78 is 0. The molecule has 0 bridgehead atoms. The second kappa shape index (κ2) is 6.73. The number of carboxylic acids is 1. The first-order valence-corrected chi connectivity index (χ1v) is 8.71. The zero-order valence-electron chi connectivity index (χ0n) is 13.5. The van der Waals surface area contributed by atoms with Crippen LogP contribution in [0.1, 0.15) is 56.9 Å². The number of hydrogen-bond donors (Lipinski definition) is 2. The molecule has 0 aromatic heterocycles. The molecule has 2 aliphatic carbocycles. The summed E-state index contributed by atoms with van der Waals surface area (Å²) in [4.78, 5) is 24.0. The van der Waals surface area contributed by atoms with Gasteiger partial charge in [0.05, 0.1) is 11.5 Å². The van der Waals surface area contributed by atoms with Crippen LogP contribution < -0.4 is 5.32 Å². The topological polar surface area (TPSA) is 66.4 Å². The zero-order valence-corrected chi connectivity index (χ0v) is 13.5. The molecule has 4 nitrogen and oxygen atoms in total. The Hall–Kier alpha value is -1.84. The minimum absolute atomic E-state index is 0.0432. The first-order chi connectivity index (χ1) is 11.1. The van der Waals surface area contributed by atoms with Crippen LogP contribution >= 0.6 is 0 Å². The minimum Gasteiger partial charge on any atom is -0.481 e. The Labute approximate surface area is 137 Å². The van der Waals surface area contributed by atoms with Gasteiger partial charge >= 0.3 is 5.97 Å². The van der Waals surface area contributed by atoms with E-state index in [1.807, 2.05) is 18.2 Å². The van der Waals surface area contributed by atoms with E-state index in [1.165, 1.54) is 5.56 Å². The van der Waals surface area contributed by atoms with E-state index in [-0.39, 0.29) is 23.3 Å². The van der Waals surface area contributed by atoms with Gasteiger partial charge in [0.15, 0.2) is 0 Å². The molecule has 0 aliphatic heterocycles. The number of nitrogens with one attached hydrogen (secondary N) is 1. The number of carbonyl (C=O) groups excluding carboxylic acids is 1. The van der Waals surface area contributed by atoms with Gasteiger partial charge in [-0.3, -0.25) is 9.59 Å². The van der Waals surface area contributed by atoms with Crippen molar-refractivity contribution in [2.45, 2.75) is 56.9 Å². The molecule has 124 valence electrons. The quantitative estimate of drug-likeness (QED) is 0.894. The van der Waals surface area contributed by atoms with Crippen molar-refractivity contribution in [1.82, 2.24) is 5.32 Å². The molecular weight excluding hydrogens is 290 g/mol. The Kier molecular flexibility index (Phi) is 4.69. The van der Waals surface area contributed by atoms with E-state index >= 15 is 0 Å².